The first kappa shape index (κ1) is 34.8. The van der Waals surface area contributed by atoms with Gasteiger partial charge in [-0.2, -0.15) is 0 Å². The molecule has 0 saturated carbocycles. The van der Waals surface area contributed by atoms with Crippen molar-refractivity contribution >= 4 is 17.9 Å². The summed E-state index contributed by atoms with van der Waals surface area (Å²) in [6.07, 6.45) is 6.12. The fourth-order valence-corrected chi connectivity index (χ4v) is 6.05. The number of carbonyl (C=O) groups excluding carboxylic acids is 1. The van der Waals surface area contributed by atoms with E-state index in [4.69, 9.17) is 25.8 Å². The molecule has 0 unspecified atom stereocenters. The molecule has 6 nitrogen and oxygen atoms in total. The van der Waals surface area contributed by atoms with Crippen molar-refractivity contribution in [2.75, 3.05) is 33.4 Å². The van der Waals surface area contributed by atoms with Crippen LogP contribution in [0.3, 0.4) is 0 Å². The van der Waals surface area contributed by atoms with Crippen molar-refractivity contribution in [2.24, 2.45) is 0 Å². The van der Waals surface area contributed by atoms with Gasteiger partial charge in [-0.1, -0.05) is 41.9 Å². The summed E-state index contributed by atoms with van der Waals surface area (Å²) < 4.78 is 18.9. The number of benzene rings is 3. The predicted octanol–water partition coefficient (Wildman–Crippen LogP) is 8.74. The van der Waals surface area contributed by atoms with Crippen LogP contribution >= 0.6 is 11.6 Å². The van der Waals surface area contributed by atoms with Gasteiger partial charge in [-0.15, -0.1) is 0 Å². The lowest BCUT2D eigenvalue weighted by molar-refractivity contribution is -0.107. The molecule has 1 atom stereocenters. The smallest absolute Gasteiger partial charge is 0.142 e. The molecular weight excluding hydrogens is 584 g/mol. The molecule has 1 aliphatic rings. The normalized spacial score (nSPS) is 14.4. The number of hydrogen-bond donors (Lipinski definition) is 1. The zero-order valence-corrected chi connectivity index (χ0v) is 28.8. The molecule has 0 saturated heterocycles. The maximum absolute atomic E-state index is 10.6. The van der Waals surface area contributed by atoms with Gasteiger partial charge in [0.15, 0.2) is 0 Å². The van der Waals surface area contributed by atoms with E-state index < -0.39 is 0 Å². The summed E-state index contributed by atoms with van der Waals surface area (Å²) in [7, 11) is 2.17. The van der Waals surface area contributed by atoms with Crippen LogP contribution in [0, 0.1) is 6.92 Å². The minimum atomic E-state index is -0.0896. The van der Waals surface area contributed by atoms with Crippen LogP contribution in [0.5, 0.6) is 17.2 Å². The van der Waals surface area contributed by atoms with Gasteiger partial charge in [-0.05, 0) is 120 Å². The first-order chi connectivity index (χ1) is 21.6. The standard InChI is InChI=1S/C38H51ClN2O4/c1-7-43-36-25-37(33(39)24-28(36)26-40-20-9-8-10-22-42)45-35-19-18-31-30(15-11-16-32(31)35)29-14-12-17-34(27(29)2)44-23-13-21-41(6)38(3,4)5/h11-12,14-17,22,24-25,35,40H,7-10,13,18-21,23,26H2,1-6H3/t35-/m0/s1. The molecule has 7 heteroatoms. The molecule has 0 radical (unpaired) electrons. The number of carbonyl (C=O) groups is 1. The lowest BCUT2D eigenvalue weighted by atomic mass is 9.93. The van der Waals surface area contributed by atoms with Crippen LogP contribution in [0.4, 0.5) is 0 Å². The van der Waals surface area contributed by atoms with Gasteiger partial charge < -0.3 is 29.2 Å². The van der Waals surface area contributed by atoms with E-state index >= 15 is 0 Å². The van der Waals surface area contributed by atoms with Crippen molar-refractivity contribution in [3.8, 4) is 28.4 Å². The molecule has 3 aromatic rings. The molecule has 0 bridgehead atoms. The molecule has 0 fully saturated rings. The van der Waals surface area contributed by atoms with E-state index in [1.807, 2.05) is 19.1 Å². The number of ether oxygens (including phenoxy) is 3. The number of fused-ring (bicyclic) bond motifs is 1. The second kappa shape index (κ2) is 16.5. The molecular formula is C38H51ClN2O4. The summed E-state index contributed by atoms with van der Waals surface area (Å²) in [6.45, 7) is 14.6. The van der Waals surface area contributed by atoms with Crippen molar-refractivity contribution in [3.05, 3.63) is 75.8 Å². The zero-order chi connectivity index (χ0) is 32.4. The number of nitrogens with one attached hydrogen (secondary N) is 1. The Morgan fingerprint density at radius 2 is 1.78 bits per heavy atom. The Morgan fingerprint density at radius 3 is 2.53 bits per heavy atom. The maximum Gasteiger partial charge on any atom is 0.142 e. The molecule has 0 aliphatic heterocycles. The third-order valence-corrected chi connectivity index (χ3v) is 9.05. The lowest BCUT2D eigenvalue weighted by Gasteiger charge is -2.31. The Morgan fingerprint density at radius 1 is 1.00 bits per heavy atom. The fraction of sp³-hybridized carbons (Fsp3) is 0.500. The molecule has 45 heavy (non-hydrogen) atoms. The van der Waals surface area contributed by atoms with Crippen molar-refractivity contribution in [2.45, 2.75) is 91.3 Å². The highest BCUT2D eigenvalue weighted by Crippen LogP contribution is 2.44. The van der Waals surface area contributed by atoms with Crippen LogP contribution in [-0.2, 0) is 17.8 Å². The van der Waals surface area contributed by atoms with E-state index in [0.29, 0.717) is 37.0 Å². The predicted molar refractivity (Wildman–Crippen MR) is 185 cm³/mol. The van der Waals surface area contributed by atoms with Gasteiger partial charge in [-0.3, -0.25) is 0 Å². The van der Waals surface area contributed by atoms with E-state index in [2.05, 4.69) is 81.4 Å². The van der Waals surface area contributed by atoms with Crippen molar-refractivity contribution in [1.82, 2.24) is 10.2 Å². The Bertz CT molecular complexity index is 1420. The summed E-state index contributed by atoms with van der Waals surface area (Å²) >= 11 is 6.78. The van der Waals surface area contributed by atoms with Crippen molar-refractivity contribution in [3.63, 3.8) is 0 Å². The van der Waals surface area contributed by atoms with Gasteiger partial charge in [0, 0.05) is 36.7 Å². The first-order valence-corrected chi connectivity index (χ1v) is 16.8. The average Bonchev–Trinajstić information content (AvgIpc) is 3.42. The Kier molecular flexibility index (Phi) is 12.8. The van der Waals surface area contributed by atoms with E-state index in [0.717, 1.165) is 74.1 Å². The number of hydrogen-bond acceptors (Lipinski definition) is 6. The second-order valence-corrected chi connectivity index (χ2v) is 13.3. The summed E-state index contributed by atoms with van der Waals surface area (Å²) in [4.78, 5) is 12.9. The average molecular weight is 635 g/mol. The number of rotatable bonds is 17. The molecule has 244 valence electrons. The number of unbranched alkanes of at least 4 members (excludes halogenated alkanes) is 2. The molecule has 3 aromatic carbocycles. The molecule has 1 N–H and O–H groups in total. The van der Waals surface area contributed by atoms with Crippen LogP contribution in [0.2, 0.25) is 5.02 Å². The number of aldehydes is 1. The third kappa shape index (κ3) is 9.25. The molecule has 0 spiro atoms. The highest BCUT2D eigenvalue weighted by molar-refractivity contribution is 6.32. The minimum absolute atomic E-state index is 0.0896. The third-order valence-electron chi connectivity index (χ3n) is 8.76. The molecule has 0 amide bonds. The van der Waals surface area contributed by atoms with E-state index in [1.165, 1.54) is 22.3 Å². The maximum atomic E-state index is 10.6. The number of halogens is 1. The van der Waals surface area contributed by atoms with Gasteiger partial charge in [0.1, 0.15) is 29.6 Å². The lowest BCUT2D eigenvalue weighted by Crippen LogP contribution is -2.39. The van der Waals surface area contributed by atoms with Gasteiger partial charge in [0.05, 0.1) is 18.2 Å². The van der Waals surface area contributed by atoms with Crippen molar-refractivity contribution in [1.29, 1.82) is 0 Å². The molecule has 1 aliphatic carbocycles. The first-order valence-electron chi connectivity index (χ1n) is 16.5. The van der Waals surface area contributed by atoms with Crippen molar-refractivity contribution < 1.29 is 19.0 Å². The Balaban J connectivity index is 1.47. The monoisotopic (exact) mass is 634 g/mol. The van der Waals surface area contributed by atoms with Crippen LogP contribution in [0.1, 0.15) is 88.2 Å². The van der Waals surface area contributed by atoms with Gasteiger partial charge in [-0.25, -0.2) is 0 Å². The van der Waals surface area contributed by atoms with Gasteiger partial charge in [0.25, 0.3) is 0 Å². The quantitative estimate of drug-likeness (QED) is 0.118. The SMILES string of the molecule is CCOc1cc(O[C@H]2CCc3c(-c4cccc(OCCCN(C)C(C)(C)C)c4C)cccc32)c(Cl)cc1CNCCCCC=O. The fourth-order valence-electron chi connectivity index (χ4n) is 5.82. The van der Waals surface area contributed by atoms with E-state index in [-0.39, 0.29) is 11.6 Å². The van der Waals surface area contributed by atoms with Gasteiger partial charge in [0.2, 0.25) is 0 Å². The summed E-state index contributed by atoms with van der Waals surface area (Å²) in [5, 5.41) is 4.02. The largest absolute Gasteiger partial charge is 0.493 e. The molecule has 4 rings (SSSR count). The van der Waals surface area contributed by atoms with E-state index in [1.54, 1.807) is 0 Å². The highest BCUT2D eigenvalue weighted by Gasteiger charge is 2.28. The summed E-state index contributed by atoms with van der Waals surface area (Å²) in [5.74, 6) is 2.36. The number of nitrogens with zero attached hydrogens (tertiary/aromatic N) is 1. The Labute approximate surface area is 275 Å². The zero-order valence-electron chi connectivity index (χ0n) is 28.0. The van der Waals surface area contributed by atoms with Crippen LogP contribution in [-0.4, -0.2) is 50.1 Å². The summed E-state index contributed by atoms with van der Waals surface area (Å²) in [6, 6.07) is 16.8. The highest BCUT2D eigenvalue weighted by atomic mass is 35.5. The van der Waals surface area contributed by atoms with Crippen LogP contribution < -0.4 is 19.5 Å². The second-order valence-electron chi connectivity index (χ2n) is 12.9. The van der Waals surface area contributed by atoms with Gasteiger partial charge >= 0.3 is 0 Å². The van der Waals surface area contributed by atoms with E-state index in [9.17, 15) is 4.79 Å². The Hall–Kier alpha value is -3.06. The topological polar surface area (TPSA) is 60.0 Å². The van der Waals surface area contributed by atoms with Crippen LogP contribution in [0.15, 0.2) is 48.5 Å². The molecule has 0 aromatic heterocycles. The minimum Gasteiger partial charge on any atom is -0.493 e. The molecule has 0 heterocycles. The van der Waals surface area contributed by atoms with Crippen LogP contribution in [0.25, 0.3) is 11.1 Å². The summed E-state index contributed by atoms with van der Waals surface area (Å²) in [5.41, 5.74) is 7.29.